The van der Waals surface area contributed by atoms with Gasteiger partial charge in [-0.25, -0.2) is 4.39 Å². The molecule has 0 radical (unpaired) electrons. The van der Waals surface area contributed by atoms with Gasteiger partial charge in [-0.15, -0.1) is 12.4 Å². The van der Waals surface area contributed by atoms with Crippen LogP contribution < -0.4 is 5.73 Å². The first-order valence-corrected chi connectivity index (χ1v) is 4.35. The molecule has 2 atom stereocenters. The fourth-order valence-electron chi connectivity index (χ4n) is 1.66. The lowest BCUT2D eigenvalue weighted by Crippen LogP contribution is -2.25. The van der Waals surface area contributed by atoms with Gasteiger partial charge in [0.15, 0.2) is 0 Å². The zero-order chi connectivity index (χ0) is 9.42. The lowest BCUT2D eigenvalue weighted by molar-refractivity contribution is 0.0406. The summed E-state index contributed by atoms with van der Waals surface area (Å²) in [5.41, 5.74) is 7.66. The zero-order valence-electron chi connectivity index (χ0n) is 7.87. The lowest BCUT2D eigenvalue weighted by atomic mass is 9.95. The van der Waals surface area contributed by atoms with E-state index in [1.165, 1.54) is 12.1 Å². The van der Waals surface area contributed by atoms with Gasteiger partial charge < -0.3 is 10.5 Å². The molecule has 2 nitrogen and oxygen atoms in total. The van der Waals surface area contributed by atoms with Gasteiger partial charge in [-0.2, -0.15) is 0 Å². The van der Waals surface area contributed by atoms with E-state index in [-0.39, 0.29) is 30.4 Å². The van der Waals surface area contributed by atoms with Gasteiger partial charge in [-0.1, -0.05) is 6.07 Å². The Hall–Kier alpha value is -0.640. The number of ether oxygens (including phenoxy) is 1. The number of halogens is 2. The maximum Gasteiger partial charge on any atom is 0.123 e. The molecule has 1 aromatic carbocycles. The Kier molecular flexibility index (Phi) is 3.48. The van der Waals surface area contributed by atoms with Gasteiger partial charge in [0, 0.05) is 0 Å². The molecule has 2 N–H and O–H groups in total. The van der Waals surface area contributed by atoms with E-state index in [4.69, 9.17) is 10.5 Å². The Bertz CT molecular complexity index is 332. The van der Waals surface area contributed by atoms with Gasteiger partial charge in [-0.05, 0) is 30.2 Å². The van der Waals surface area contributed by atoms with Crippen LogP contribution in [-0.4, -0.2) is 6.61 Å². The van der Waals surface area contributed by atoms with E-state index in [9.17, 15) is 4.39 Å². The Morgan fingerprint density at radius 2 is 2.14 bits per heavy atom. The first-order valence-electron chi connectivity index (χ1n) is 4.35. The Morgan fingerprint density at radius 3 is 2.86 bits per heavy atom. The number of benzene rings is 1. The smallest absolute Gasteiger partial charge is 0.123 e. The first kappa shape index (κ1) is 11.4. The van der Waals surface area contributed by atoms with Crippen LogP contribution in [0.1, 0.15) is 30.2 Å². The van der Waals surface area contributed by atoms with Crippen molar-refractivity contribution >= 4 is 12.4 Å². The molecular formula is C10H13ClFNO. The minimum absolute atomic E-state index is 0. The van der Waals surface area contributed by atoms with Crippen LogP contribution in [0.4, 0.5) is 4.39 Å². The second-order valence-corrected chi connectivity index (χ2v) is 3.36. The highest BCUT2D eigenvalue weighted by molar-refractivity contribution is 5.85. The van der Waals surface area contributed by atoms with Crippen molar-refractivity contribution in [2.75, 3.05) is 6.61 Å². The minimum atomic E-state index is -0.233. The molecule has 0 aliphatic carbocycles. The van der Waals surface area contributed by atoms with Gasteiger partial charge in [0.1, 0.15) is 5.82 Å². The summed E-state index contributed by atoms with van der Waals surface area (Å²) in [4.78, 5) is 0. The van der Waals surface area contributed by atoms with E-state index in [1.54, 1.807) is 6.07 Å². The van der Waals surface area contributed by atoms with Gasteiger partial charge in [0.05, 0.1) is 18.8 Å². The zero-order valence-corrected chi connectivity index (χ0v) is 8.68. The fourth-order valence-corrected chi connectivity index (χ4v) is 1.66. The maximum absolute atomic E-state index is 12.9. The quantitative estimate of drug-likeness (QED) is 0.724. The normalized spacial score (nSPS) is 25.1. The summed E-state index contributed by atoms with van der Waals surface area (Å²) in [5.74, 6) is -0.233. The van der Waals surface area contributed by atoms with Crippen LogP contribution in [0.25, 0.3) is 0 Å². The molecule has 0 fully saturated rings. The molecule has 2 rings (SSSR count). The number of rotatable bonds is 0. The average Bonchev–Trinajstić information content (AvgIpc) is 2.12. The second kappa shape index (κ2) is 4.26. The molecule has 14 heavy (non-hydrogen) atoms. The van der Waals surface area contributed by atoms with Gasteiger partial charge in [-0.3, -0.25) is 0 Å². The van der Waals surface area contributed by atoms with Crippen molar-refractivity contribution in [1.82, 2.24) is 0 Å². The summed E-state index contributed by atoms with van der Waals surface area (Å²) < 4.78 is 18.3. The van der Waals surface area contributed by atoms with Crippen molar-refractivity contribution in [2.45, 2.75) is 19.1 Å². The topological polar surface area (TPSA) is 35.2 Å². The molecule has 0 saturated carbocycles. The molecule has 1 heterocycles. The Labute approximate surface area is 88.7 Å². The molecule has 78 valence electrons. The number of hydrogen-bond donors (Lipinski definition) is 1. The minimum Gasteiger partial charge on any atom is -0.372 e. The molecule has 0 amide bonds. The predicted octanol–water partition coefficient (Wildman–Crippen LogP) is 2.34. The molecular weight excluding hydrogens is 205 g/mol. The van der Waals surface area contributed by atoms with Crippen LogP contribution in [0.15, 0.2) is 18.2 Å². The van der Waals surface area contributed by atoms with Gasteiger partial charge in [0.2, 0.25) is 0 Å². The molecule has 0 spiro atoms. The van der Waals surface area contributed by atoms with Crippen LogP contribution in [0.5, 0.6) is 0 Å². The Morgan fingerprint density at radius 1 is 1.43 bits per heavy atom. The van der Waals surface area contributed by atoms with E-state index in [0.29, 0.717) is 6.61 Å². The molecule has 4 heteroatoms. The maximum atomic E-state index is 12.9. The summed E-state index contributed by atoms with van der Waals surface area (Å²) in [7, 11) is 0. The third-order valence-electron chi connectivity index (χ3n) is 2.41. The predicted molar refractivity (Wildman–Crippen MR) is 54.9 cm³/mol. The second-order valence-electron chi connectivity index (χ2n) is 3.36. The standard InChI is InChI=1S/C10H12FNO.ClH/c1-6-8-3-2-7(11)4-9(8)10(12)5-13-6;/h2-4,6,10H,5,12H2,1H3;1H/t6-,10+;/m0./s1. The van der Waals surface area contributed by atoms with Crippen molar-refractivity contribution in [2.24, 2.45) is 5.73 Å². The highest BCUT2D eigenvalue weighted by Gasteiger charge is 2.22. The van der Waals surface area contributed by atoms with Gasteiger partial charge in [0.25, 0.3) is 0 Å². The molecule has 1 aliphatic heterocycles. The molecule has 0 bridgehead atoms. The van der Waals surface area contributed by atoms with Crippen molar-refractivity contribution in [3.63, 3.8) is 0 Å². The van der Waals surface area contributed by atoms with E-state index in [0.717, 1.165) is 11.1 Å². The SMILES string of the molecule is C[C@@H]1OC[C@@H](N)c2cc(F)ccc21.Cl. The van der Waals surface area contributed by atoms with Crippen molar-refractivity contribution in [3.05, 3.63) is 35.1 Å². The molecule has 0 aromatic heterocycles. The van der Waals surface area contributed by atoms with Crippen molar-refractivity contribution in [1.29, 1.82) is 0 Å². The van der Waals surface area contributed by atoms with E-state index in [2.05, 4.69) is 0 Å². The van der Waals surface area contributed by atoms with Crippen LogP contribution in [0, 0.1) is 5.82 Å². The fraction of sp³-hybridized carbons (Fsp3) is 0.400. The molecule has 1 aliphatic rings. The third kappa shape index (κ3) is 1.90. The van der Waals surface area contributed by atoms with Gasteiger partial charge >= 0.3 is 0 Å². The van der Waals surface area contributed by atoms with Crippen molar-refractivity contribution < 1.29 is 9.13 Å². The molecule has 0 unspecified atom stereocenters. The summed E-state index contributed by atoms with van der Waals surface area (Å²) >= 11 is 0. The largest absolute Gasteiger partial charge is 0.372 e. The van der Waals surface area contributed by atoms with Crippen LogP contribution in [-0.2, 0) is 4.74 Å². The summed E-state index contributed by atoms with van der Waals surface area (Å²) in [5, 5.41) is 0. The number of fused-ring (bicyclic) bond motifs is 1. The highest BCUT2D eigenvalue weighted by atomic mass is 35.5. The number of nitrogens with two attached hydrogens (primary N) is 1. The Balaban J connectivity index is 0.000000980. The molecule has 1 aromatic rings. The first-order chi connectivity index (χ1) is 6.18. The summed E-state index contributed by atoms with van der Waals surface area (Å²) in [6, 6.07) is 4.49. The van der Waals surface area contributed by atoms with Crippen molar-refractivity contribution in [3.8, 4) is 0 Å². The van der Waals surface area contributed by atoms with E-state index in [1.807, 2.05) is 6.92 Å². The van der Waals surface area contributed by atoms with E-state index < -0.39 is 0 Å². The third-order valence-corrected chi connectivity index (χ3v) is 2.41. The highest BCUT2D eigenvalue weighted by Crippen LogP contribution is 2.31. The monoisotopic (exact) mass is 217 g/mol. The van der Waals surface area contributed by atoms with Crippen LogP contribution in [0.2, 0.25) is 0 Å². The summed E-state index contributed by atoms with van der Waals surface area (Å²) in [6.07, 6.45) is 0.0235. The van der Waals surface area contributed by atoms with E-state index >= 15 is 0 Å². The van der Waals surface area contributed by atoms with Crippen LogP contribution in [0.3, 0.4) is 0 Å². The number of hydrogen-bond acceptors (Lipinski definition) is 2. The molecule has 0 saturated heterocycles. The summed E-state index contributed by atoms with van der Waals surface area (Å²) in [6.45, 7) is 2.42. The average molecular weight is 218 g/mol. The van der Waals surface area contributed by atoms with Crippen LogP contribution >= 0.6 is 12.4 Å². The lowest BCUT2D eigenvalue weighted by Gasteiger charge is -2.27.